The van der Waals surface area contributed by atoms with Crippen LogP contribution in [0, 0.1) is 11.8 Å². The lowest BCUT2D eigenvalue weighted by Gasteiger charge is -2.46. The summed E-state index contributed by atoms with van der Waals surface area (Å²) in [4.78, 5) is 55.6. The highest BCUT2D eigenvalue weighted by atomic mass is 32.1. The Morgan fingerprint density at radius 1 is 1.29 bits per heavy atom. The molecular weight excluding hydrogens is 474 g/mol. The number of amides is 2. The maximum Gasteiger partial charge on any atom is 0.352 e. The second-order valence-corrected chi connectivity index (χ2v) is 9.81. The number of carbonyl (C=O) groups excluding carboxylic acids is 3. The number of imidazole rings is 1. The standard InChI is InChI=1S/C23H21N5O6S/c1-10-15(19(23(33)34)28-18(10)16(11(2)29)21(28)32)13-7-27-9-25-17(22(27)35-13)20(31)12-3-5-26(6-4-12)8-14(24)30/h3-7,9-11,16,18,29H,8H2,1-2H3,(H2-,24,30,33,34)/p+1/t10-,11+,16+,18+/m0/s1. The number of carboxylic acid groups (broad SMARTS) is 1. The monoisotopic (exact) mass is 496 g/mol. The number of fused-ring (bicyclic) bond motifs is 2. The van der Waals surface area contributed by atoms with E-state index in [4.69, 9.17) is 5.73 Å². The van der Waals surface area contributed by atoms with Gasteiger partial charge in [-0.1, -0.05) is 6.92 Å². The molecule has 0 spiro atoms. The molecule has 180 valence electrons. The molecule has 5 heterocycles. The molecule has 0 aliphatic carbocycles. The summed E-state index contributed by atoms with van der Waals surface area (Å²) in [6.45, 7) is 3.37. The van der Waals surface area contributed by atoms with E-state index in [2.05, 4.69) is 4.98 Å². The van der Waals surface area contributed by atoms with Gasteiger partial charge in [0.1, 0.15) is 22.5 Å². The molecule has 4 N–H and O–H groups in total. The number of pyridine rings is 1. The van der Waals surface area contributed by atoms with Crippen molar-refractivity contribution in [3.63, 3.8) is 0 Å². The van der Waals surface area contributed by atoms with Crippen molar-refractivity contribution in [3.8, 4) is 0 Å². The minimum atomic E-state index is -1.22. The number of aromatic nitrogens is 3. The van der Waals surface area contributed by atoms with E-state index in [0.717, 1.165) is 0 Å². The van der Waals surface area contributed by atoms with Gasteiger partial charge in [-0.05, 0) is 6.92 Å². The van der Waals surface area contributed by atoms with Gasteiger partial charge >= 0.3 is 5.97 Å². The third-order valence-corrected chi connectivity index (χ3v) is 7.70. The number of primary amides is 1. The first kappa shape index (κ1) is 22.9. The number of hydrogen-bond acceptors (Lipinski definition) is 7. The van der Waals surface area contributed by atoms with Crippen molar-refractivity contribution in [2.75, 3.05) is 0 Å². The molecule has 12 heteroatoms. The van der Waals surface area contributed by atoms with Gasteiger partial charge < -0.3 is 20.8 Å². The van der Waals surface area contributed by atoms with E-state index in [1.807, 2.05) is 6.92 Å². The summed E-state index contributed by atoms with van der Waals surface area (Å²) >= 11 is 1.22. The molecule has 3 aromatic rings. The zero-order chi connectivity index (χ0) is 25.2. The Bertz CT molecular complexity index is 1440. The van der Waals surface area contributed by atoms with Crippen LogP contribution in [0.2, 0.25) is 0 Å². The number of nitrogens with two attached hydrogens (primary N) is 1. The third kappa shape index (κ3) is 3.44. The summed E-state index contributed by atoms with van der Waals surface area (Å²) in [5.74, 6) is -3.42. The first-order chi connectivity index (χ1) is 16.6. The molecule has 11 nitrogen and oxygen atoms in total. The van der Waals surface area contributed by atoms with Crippen LogP contribution < -0.4 is 10.3 Å². The van der Waals surface area contributed by atoms with Crippen LogP contribution in [0.4, 0.5) is 0 Å². The highest BCUT2D eigenvalue weighted by Crippen LogP contribution is 2.51. The smallest absolute Gasteiger partial charge is 0.352 e. The minimum absolute atomic E-state index is 0.00683. The van der Waals surface area contributed by atoms with E-state index in [1.165, 1.54) is 29.5 Å². The van der Waals surface area contributed by atoms with Gasteiger partial charge in [0.2, 0.25) is 18.2 Å². The molecule has 2 aliphatic rings. The number of aliphatic carboxylic acids is 1. The van der Waals surface area contributed by atoms with Crippen LogP contribution in [0.15, 0.2) is 42.7 Å². The molecule has 0 unspecified atom stereocenters. The molecule has 0 aromatic carbocycles. The Morgan fingerprint density at radius 2 is 1.97 bits per heavy atom. The lowest BCUT2D eigenvalue weighted by atomic mass is 9.77. The Hall–Kier alpha value is -3.90. The topological polar surface area (TPSA) is 159 Å². The van der Waals surface area contributed by atoms with Crippen LogP contribution in [0.3, 0.4) is 0 Å². The molecule has 1 fully saturated rings. The van der Waals surface area contributed by atoms with Crippen molar-refractivity contribution in [1.29, 1.82) is 0 Å². The number of ketones is 1. The average molecular weight is 497 g/mol. The predicted octanol–water partition coefficient (Wildman–Crippen LogP) is 0.0528. The molecular formula is C23H22N5O6S+. The van der Waals surface area contributed by atoms with Crippen molar-refractivity contribution >= 4 is 45.3 Å². The fraction of sp³-hybridized carbons (Fsp3) is 0.304. The SMILES string of the molecule is C[C@@H](O)[C@H]1C(=O)N2C(C(=O)O)=C(c3cn4cnc(C(=O)c5cc[n+](CC(N)=O)cc5)c4s3)[C@H](C)[C@H]12. The third-order valence-electron chi connectivity index (χ3n) is 6.56. The van der Waals surface area contributed by atoms with Gasteiger partial charge in [0.25, 0.3) is 5.91 Å². The Balaban J connectivity index is 1.52. The number of thiazole rings is 1. The van der Waals surface area contributed by atoms with Crippen molar-refractivity contribution in [3.05, 3.63) is 58.9 Å². The zero-order valence-electron chi connectivity index (χ0n) is 18.8. The second-order valence-electron chi connectivity index (χ2n) is 8.78. The van der Waals surface area contributed by atoms with Crippen LogP contribution >= 0.6 is 11.3 Å². The maximum atomic E-state index is 13.1. The summed E-state index contributed by atoms with van der Waals surface area (Å²) in [6, 6.07) is 2.71. The number of nitrogens with zero attached hydrogens (tertiary/aromatic N) is 4. The number of aliphatic hydroxyl groups excluding tert-OH is 1. The van der Waals surface area contributed by atoms with Crippen molar-refractivity contribution in [2.24, 2.45) is 17.6 Å². The zero-order valence-corrected chi connectivity index (χ0v) is 19.6. The van der Waals surface area contributed by atoms with E-state index < -0.39 is 35.8 Å². The normalized spacial score (nSPS) is 22.3. The Morgan fingerprint density at radius 3 is 2.57 bits per heavy atom. The van der Waals surface area contributed by atoms with Crippen molar-refractivity contribution < 1.29 is 34.0 Å². The van der Waals surface area contributed by atoms with Gasteiger partial charge in [0, 0.05) is 35.4 Å². The summed E-state index contributed by atoms with van der Waals surface area (Å²) in [5, 5.41) is 20.0. The minimum Gasteiger partial charge on any atom is -0.477 e. The molecule has 1 saturated heterocycles. The predicted molar refractivity (Wildman–Crippen MR) is 122 cm³/mol. The van der Waals surface area contributed by atoms with E-state index >= 15 is 0 Å². The molecule has 4 atom stereocenters. The largest absolute Gasteiger partial charge is 0.477 e. The van der Waals surface area contributed by atoms with Crippen LogP contribution in [-0.4, -0.2) is 60.2 Å². The molecule has 0 bridgehead atoms. The molecule has 0 saturated carbocycles. The fourth-order valence-electron chi connectivity index (χ4n) is 5.00. The fourth-order valence-corrected chi connectivity index (χ4v) is 6.22. The highest BCUT2D eigenvalue weighted by molar-refractivity contribution is 7.18. The number of aliphatic hydroxyl groups is 1. The van der Waals surface area contributed by atoms with Crippen molar-refractivity contribution in [1.82, 2.24) is 14.3 Å². The second kappa shape index (κ2) is 8.10. The molecule has 5 rings (SSSR count). The Kier molecular flexibility index (Phi) is 5.29. The van der Waals surface area contributed by atoms with Gasteiger partial charge in [-0.15, -0.1) is 11.3 Å². The van der Waals surface area contributed by atoms with Crippen LogP contribution in [0.5, 0.6) is 0 Å². The van der Waals surface area contributed by atoms with Crippen LogP contribution in [-0.2, 0) is 20.9 Å². The molecule has 0 radical (unpaired) electrons. The van der Waals surface area contributed by atoms with E-state index in [1.54, 1.807) is 39.7 Å². The molecule has 35 heavy (non-hydrogen) atoms. The van der Waals surface area contributed by atoms with E-state index in [-0.39, 0.29) is 29.6 Å². The van der Waals surface area contributed by atoms with Gasteiger partial charge in [0.05, 0.1) is 22.9 Å². The quantitative estimate of drug-likeness (QED) is 0.237. The highest BCUT2D eigenvalue weighted by Gasteiger charge is 2.60. The first-order valence-electron chi connectivity index (χ1n) is 10.9. The summed E-state index contributed by atoms with van der Waals surface area (Å²) in [6.07, 6.45) is 5.46. The first-order valence-corrected chi connectivity index (χ1v) is 11.7. The van der Waals surface area contributed by atoms with Crippen LogP contribution in [0.1, 0.15) is 34.8 Å². The lowest BCUT2D eigenvalue weighted by Crippen LogP contribution is -2.63. The molecule has 3 aromatic heterocycles. The lowest BCUT2D eigenvalue weighted by molar-refractivity contribution is -0.684. The summed E-state index contributed by atoms with van der Waals surface area (Å²) in [5.41, 5.74) is 6.18. The Labute approximate surface area is 202 Å². The van der Waals surface area contributed by atoms with Gasteiger partial charge in [-0.3, -0.25) is 18.8 Å². The maximum absolute atomic E-state index is 13.1. The summed E-state index contributed by atoms with van der Waals surface area (Å²) in [7, 11) is 0. The van der Waals surface area contributed by atoms with E-state index in [0.29, 0.717) is 20.8 Å². The summed E-state index contributed by atoms with van der Waals surface area (Å²) < 4.78 is 3.21. The van der Waals surface area contributed by atoms with Crippen LogP contribution in [0.25, 0.3) is 10.4 Å². The average Bonchev–Trinajstić information content (AvgIpc) is 3.43. The molecule has 2 aliphatic heterocycles. The molecule has 2 amide bonds. The van der Waals surface area contributed by atoms with Gasteiger partial charge in [-0.2, -0.15) is 4.57 Å². The number of carboxylic acids is 1. The number of rotatable bonds is 7. The number of β-lactam (4-membered cyclic amide) rings is 1. The number of hydrogen-bond donors (Lipinski definition) is 3. The van der Waals surface area contributed by atoms with E-state index in [9.17, 15) is 29.4 Å². The van der Waals surface area contributed by atoms with Crippen molar-refractivity contribution in [2.45, 2.75) is 32.5 Å². The number of carbonyl (C=O) groups is 4. The van der Waals surface area contributed by atoms with Gasteiger partial charge in [-0.25, -0.2) is 9.78 Å². The van der Waals surface area contributed by atoms with Gasteiger partial charge in [0.15, 0.2) is 12.4 Å².